The molecular formula is C27H28N4O4S. The number of hydrogen-bond donors (Lipinski definition) is 1. The van der Waals surface area contributed by atoms with E-state index in [-0.39, 0.29) is 30.1 Å². The molecule has 0 radical (unpaired) electrons. The summed E-state index contributed by atoms with van der Waals surface area (Å²) >= 11 is 1.81. The Bertz CT molecular complexity index is 1260. The molecule has 3 heterocycles. The van der Waals surface area contributed by atoms with Crippen molar-refractivity contribution in [2.45, 2.75) is 45.2 Å². The van der Waals surface area contributed by atoms with Crippen molar-refractivity contribution in [2.24, 2.45) is 0 Å². The summed E-state index contributed by atoms with van der Waals surface area (Å²) < 4.78 is 5.84. The molecule has 1 aliphatic carbocycles. The van der Waals surface area contributed by atoms with Crippen LogP contribution in [0.15, 0.2) is 48.7 Å². The van der Waals surface area contributed by atoms with Gasteiger partial charge in [0.1, 0.15) is 17.2 Å². The van der Waals surface area contributed by atoms with E-state index in [1.807, 2.05) is 12.1 Å². The van der Waals surface area contributed by atoms with Crippen LogP contribution in [0.4, 0.5) is 4.79 Å². The lowest BCUT2D eigenvalue weighted by molar-refractivity contribution is -0.131. The van der Waals surface area contributed by atoms with Gasteiger partial charge < -0.3 is 15.0 Å². The van der Waals surface area contributed by atoms with Gasteiger partial charge in [0.15, 0.2) is 0 Å². The smallest absolute Gasteiger partial charge is 0.327 e. The number of amides is 4. The number of nitrogens with one attached hydrogen (secondary N) is 1. The average Bonchev–Trinajstić information content (AvgIpc) is 3.31. The fourth-order valence-corrected chi connectivity index (χ4v) is 5.84. The van der Waals surface area contributed by atoms with Gasteiger partial charge in [0.25, 0.3) is 5.91 Å². The summed E-state index contributed by atoms with van der Waals surface area (Å²) in [6, 6.07) is 12.5. The van der Waals surface area contributed by atoms with Crippen molar-refractivity contribution >= 4 is 29.2 Å². The van der Waals surface area contributed by atoms with Gasteiger partial charge in [-0.25, -0.2) is 4.79 Å². The molecule has 3 aromatic rings. The molecule has 1 saturated heterocycles. The first-order chi connectivity index (χ1) is 17.5. The second-order valence-electron chi connectivity index (χ2n) is 9.00. The predicted octanol–water partition coefficient (Wildman–Crippen LogP) is 4.53. The van der Waals surface area contributed by atoms with E-state index in [9.17, 15) is 14.4 Å². The van der Waals surface area contributed by atoms with Crippen LogP contribution in [0.1, 0.15) is 50.6 Å². The molecule has 5 rings (SSSR count). The lowest BCUT2D eigenvalue weighted by Crippen LogP contribution is -2.51. The molecule has 186 valence electrons. The number of urea groups is 1. The fourth-order valence-electron chi connectivity index (χ4n) is 4.57. The van der Waals surface area contributed by atoms with Gasteiger partial charge in [0.05, 0.1) is 13.1 Å². The molecule has 2 aromatic heterocycles. The summed E-state index contributed by atoms with van der Waals surface area (Å²) in [4.78, 5) is 47.4. The Morgan fingerprint density at radius 3 is 2.61 bits per heavy atom. The van der Waals surface area contributed by atoms with Crippen molar-refractivity contribution in [1.82, 2.24) is 20.1 Å². The van der Waals surface area contributed by atoms with E-state index in [0.717, 1.165) is 18.4 Å². The first-order valence-corrected chi connectivity index (χ1v) is 13.0. The number of benzene rings is 1. The van der Waals surface area contributed by atoms with Gasteiger partial charge in [-0.2, -0.15) is 0 Å². The maximum Gasteiger partial charge on any atom is 0.327 e. The zero-order valence-corrected chi connectivity index (χ0v) is 21.0. The molecule has 0 spiro atoms. The third-order valence-corrected chi connectivity index (χ3v) is 7.71. The number of carbonyl (C=O) groups is 3. The van der Waals surface area contributed by atoms with Crippen LogP contribution in [0.2, 0.25) is 0 Å². The van der Waals surface area contributed by atoms with Gasteiger partial charge in [-0.15, -0.1) is 11.3 Å². The van der Waals surface area contributed by atoms with Gasteiger partial charge in [0, 0.05) is 42.0 Å². The molecule has 1 N–H and O–H groups in total. The van der Waals surface area contributed by atoms with Gasteiger partial charge in [0.2, 0.25) is 5.91 Å². The molecule has 0 atom stereocenters. The Hall–Kier alpha value is -3.72. The minimum atomic E-state index is -0.292. The van der Waals surface area contributed by atoms with Gasteiger partial charge in [-0.05, 0) is 61.1 Å². The van der Waals surface area contributed by atoms with E-state index in [4.69, 9.17) is 4.74 Å². The van der Waals surface area contributed by atoms with Crippen molar-refractivity contribution in [3.8, 4) is 11.5 Å². The Kier molecular flexibility index (Phi) is 6.99. The minimum Gasteiger partial charge on any atom is -0.457 e. The van der Waals surface area contributed by atoms with Crippen LogP contribution in [0.5, 0.6) is 11.5 Å². The van der Waals surface area contributed by atoms with E-state index in [0.29, 0.717) is 31.0 Å². The summed E-state index contributed by atoms with van der Waals surface area (Å²) in [6.45, 7) is 1.22. The third kappa shape index (κ3) is 5.26. The molecule has 0 saturated carbocycles. The van der Waals surface area contributed by atoms with E-state index in [1.54, 1.807) is 47.5 Å². The molecule has 1 aromatic carbocycles. The van der Waals surface area contributed by atoms with Crippen molar-refractivity contribution in [3.63, 3.8) is 0 Å². The first kappa shape index (κ1) is 24.0. The van der Waals surface area contributed by atoms with E-state index in [2.05, 4.69) is 16.4 Å². The molecular weight excluding hydrogens is 476 g/mol. The van der Waals surface area contributed by atoms with Gasteiger partial charge >= 0.3 is 6.03 Å². The topological polar surface area (TPSA) is 91.8 Å². The SMILES string of the molecule is CNC(=O)c1cc(Oc2ccc(CN3C(=O)CCN(Cc4cc5c(s4)CCCC5)C3=O)cc2)ccn1. The summed E-state index contributed by atoms with van der Waals surface area (Å²) in [5.74, 6) is 0.621. The molecule has 0 unspecified atom stereocenters. The average molecular weight is 505 g/mol. The minimum absolute atomic E-state index is 0.152. The number of aromatic nitrogens is 1. The van der Waals surface area contributed by atoms with Crippen molar-refractivity contribution in [1.29, 1.82) is 0 Å². The summed E-state index contributed by atoms with van der Waals surface area (Å²) in [7, 11) is 1.54. The number of ether oxygens (including phenoxy) is 1. The molecule has 1 fully saturated rings. The summed E-state index contributed by atoms with van der Waals surface area (Å²) in [5.41, 5.74) is 2.52. The first-order valence-electron chi connectivity index (χ1n) is 12.1. The maximum absolute atomic E-state index is 13.2. The molecule has 1 aliphatic heterocycles. The highest BCUT2D eigenvalue weighted by atomic mass is 32.1. The number of pyridine rings is 1. The van der Waals surface area contributed by atoms with E-state index >= 15 is 0 Å². The molecule has 8 nitrogen and oxygen atoms in total. The van der Waals surface area contributed by atoms with Gasteiger partial charge in [-0.1, -0.05) is 12.1 Å². The monoisotopic (exact) mass is 504 g/mol. The highest BCUT2D eigenvalue weighted by molar-refractivity contribution is 7.12. The number of fused-ring (bicyclic) bond motifs is 1. The second kappa shape index (κ2) is 10.5. The standard InChI is InChI=1S/C27H28N4O4S/c1-28-26(33)23-15-21(10-12-29-23)35-20-8-6-18(7-9-20)16-31-25(32)11-13-30(27(31)34)17-22-14-19-4-2-3-5-24(19)36-22/h6-10,12,14-15H,2-5,11,13,16-17H2,1H3,(H,28,33). The quantitative estimate of drug-likeness (QED) is 0.511. The Labute approximate surface area is 213 Å². The van der Waals surface area contributed by atoms with Crippen LogP contribution in [-0.2, 0) is 30.7 Å². The number of hydrogen-bond acceptors (Lipinski definition) is 6. The number of imide groups is 1. The molecule has 2 aliphatic rings. The van der Waals surface area contributed by atoms with Crippen molar-refractivity contribution < 1.29 is 19.1 Å². The van der Waals surface area contributed by atoms with Crippen LogP contribution in [0.25, 0.3) is 0 Å². The Morgan fingerprint density at radius 1 is 1.03 bits per heavy atom. The Morgan fingerprint density at radius 2 is 1.83 bits per heavy atom. The van der Waals surface area contributed by atoms with Crippen molar-refractivity contribution in [2.75, 3.05) is 13.6 Å². The molecule has 4 amide bonds. The number of aryl methyl sites for hydroxylation is 2. The van der Waals surface area contributed by atoms with E-state index in [1.165, 1.54) is 39.3 Å². The zero-order valence-electron chi connectivity index (χ0n) is 20.2. The third-order valence-electron chi connectivity index (χ3n) is 6.48. The lowest BCUT2D eigenvalue weighted by atomic mass is 9.99. The molecule has 0 bridgehead atoms. The lowest BCUT2D eigenvalue weighted by Gasteiger charge is -2.34. The van der Waals surface area contributed by atoms with Crippen LogP contribution in [-0.4, -0.2) is 46.2 Å². The molecule has 36 heavy (non-hydrogen) atoms. The number of carbonyl (C=O) groups excluding carboxylic acids is 3. The zero-order chi connectivity index (χ0) is 25.1. The highest BCUT2D eigenvalue weighted by Crippen LogP contribution is 2.31. The number of thiophene rings is 1. The van der Waals surface area contributed by atoms with Crippen LogP contribution >= 0.6 is 11.3 Å². The summed E-state index contributed by atoms with van der Waals surface area (Å²) in [5, 5.41) is 2.53. The highest BCUT2D eigenvalue weighted by Gasteiger charge is 2.32. The normalized spacial score (nSPS) is 15.6. The number of nitrogens with zero attached hydrogens (tertiary/aromatic N) is 3. The summed E-state index contributed by atoms with van der Waals surface area (Å²) in [6.07, 6.45) is 6.57. The largest absolute Gasteiger partial charge is 0.457 e. The second-order valence-corrected chi connectivity index (χ2v) is 10.2. The van der Waals surface area contributed by atoms with Gasteiger partial charge in [-0.3, -0.25) is 19.5 Å². The predicted molar refractivity (Wildman–Crippen MR) is 136 cm³/mol. The van der Waals surface area contributed by atoms with Crippen molar-refractivity contribution in [3.05, 3.63) is 75.2 Å². The van der Waals surface area contributed by atoms with Crippen LogP contribution in [0, 0.1) is 0 Å². The van der Waals surface area contributed by atoms with Crippen LogP contribution < -0.4 is 10.1 Å². The molecule has 9 heteroatoms. The van der Waals surface area contributed by atoms with E-state index < -0.39 is 0 Å². The fraction of sp³-hybridized carbons (Fsp3) is 0.333. The Balaban J connectivity index is 1.23. The number of rotatable bonds is 7. The maximum atomic E-state index is 13.2. The van der Waals surface area contributed by atoms with Crippen LogP contribution in [0.3, 0.4) is 0 Å².